The molecule has 0 aromatic carbocycles. The van der Waals surface area contributed by atoms with Gasteiger partial charge in [-0.15, -0.1) is 0 Å². The normalized spacial score (nSPS) is 24.4. The number of hydrogen-bond acceptors (Lipinski definition) is 3. The van der Waals surface area contributed by atoms with E-state index in [1.54, 1.807) is 6.20 Å². The minimum atomic E-state index is -0.878. The second-order valence-electron chi connectivity index (χ2n) is 3.69. The number of hydrogen-bond donors (Lipinski definition) is 1. The lowest BCUT2D eigenvalue weighted by Gasteiger charge is -2.38. The Hall–Kier alpha value is -1.03. The lowest BCUT2D eigenvalue weighted by atomic mass is 10.1. The summed E-state index contributed by atoms with van der Waals surface area (Å²) >= 11 is 0. The molecule has 0 radical (unpaired) electrons. The van der Waals surface area contributed by atoms with E-state index in [4.69, 9.17) is 5.11 Å². The van der Waals surface area contributed by atoms with Gasteiger partial charge in [0, 0.05) is 38.0 Å². The van der Waals surface area contributed by atoms with Gasteiger partial charge in [0.25, 0.3) is 0 Å². The average Bonchev–Trinajstić information content (AvgIpc) is 2.16. The number of carboxylic acids is 1. The summed E-state index contributed by atoms with van der Waals surface area (Å²) in [6.45, 7) is 5.00. The third kappa shape index (κ3) is 3.03. The minimum absolute atomic E-state index is 0.544. The Balaban J connectivity index is 2.46. The highest BCUT2D eigenvalue weighted by Gasteiger charge is 2.20. The SMILES string of the molecule is CCC1CN(/C=C/C(=O)O)CCN1C. The van der Waals surface area contributed by atoms with Gasteiger partial charge in [0.15, 0.2) is 0 Å². The van der Waals surface area contributed by atoms with E-state index >= 15 is 0 Å². The van der Waals surface area contributed by atoms with Crippen molar-refractivity contribution in [3.8, 4) is 0 Å². The zero-order valence-corrected chi connectivity index (χ0v) is 8.81. The van der Waals surface area contributed by atoms with Crippen molar-refractivity contribution in [1.29, 1.82) is 0 Å². The molecule has 80 valence electrons. The molecule has 1 N–H and O–H groups in total. The number of carboxylic acid groups (broad SMARTS) is 1. The van der Waals surface area contributed by atoms with Gasteiger partial charge < -0.3 is 10.0 Å². The summed E-state index contributed by atoms with van der Waals surface area (Å²) in [4.78, 5) is 14.7. The monoisotopic (exact) mass is 198 g/mol. The molecule has 1 heterocycles. The van der Waals surface area contributed by atoms with Crippen LogP contribution >= 0.6 is 0 Å². The van der Waals surface area contributed by atoms with Crippen LogP contribution in [0.2, 0.25) is 0 Å². The standard InChI is InChI=1S/C10H18N2O2/c1-3-9-8-12(5-4-10(13)14)7-6-11(9)2/h4-5,9H,3,6-8H2,1-2H3,(H,13,14)/b5-4+. The number of likely N-dealkylation sites (N-methyl/N-ethyl adjacent to an activating group) is 1. The van der Waals surface area contributed by atoms with Crippen LogP contribution in [0.25, 0.3) is 0 Å². The maximum absolute atomic E-state index is 10.3. The minimum Gasteiger partial charge on any atom is -0.478 e. The fourth-order valence-electron chi connectivity index (χ4n) is 1.72. The van der Waals surface area contributed by atoms with Crippen LogP contribution in [0.3, 0.4) is 0 Å². The number of rotatable bonds is 3. The molecule has 4 heteroatoms. The third-order valence-corrected chi connectivity index (χ3v) is 2.71. The van der Waals surface area contributed by atoms with Gasteiger partial charge in [-0.1, -0.05) is 6.92 Å². The average molecular weight is 198 g/mol. The highest BCUT2D eigenvalue weighted by molar-refractivity contribution is 5.79. The molecule has 0 aromatic rings. The molecule has 0 amide bonds. The van der Waals surface area contributed by atoms with Crippen molar-refractivity contribution in [1.82, 2.24) is 9.80 Å². The summed E-state index contributed by atoms with van der Waals surface area (Å²) in [5.74, 6) is -0.878. The van der Waals surface area contributed by atoms with Crippen molar-refractivity contribution in [2.24, 2.45) is 0 Å². The number of piperazine rings is 1. The smallest absolute Gasteiger partial charge is 0.329 e. The van der Waals surface area contributed by atoms with Gasteiger partial charge >= 0.3 is 5.97 Å². The molecule has 0 aromatic heterocycles. The topological polar surface area (TPSA) is 43.8 Å². The molecule has 14 heavy (non-hydrogen) atoms. The maximum atomic E-state index is 10.3. The fraction of sp³-hybridized carbons (Fsp3) is 0.700. The summed E-state index contributed by atoms with van der Waals surface area (Å²) in [6, 6.07) is 0.544. The Bertz CT molecular complexity index is 228. The molecule has 0 bridgehead atoms. The predicted molar refractivity (Wildman–Crippen MR) is 55.1 cm³/mol. The first-order valence-electron chi connectivity index (χ1n) is 4.99. The number of carbonyl (C=O) groups is 1. The van der Waals surface area contributed by atoms with E-state index in [2.05, 4.69) is 23.8 Å². The Morgan fingerprint density at radius 1 is 1.57 bits per heavy atom. The van der Waals surface area contributed by atoms with Crippen LogP contribution < -0.4 is 0 Å². The summed E-state index contributed by atoms with van der Waals surface area (Å²) in [7, 11) is 2.12. The molecule has 0 aliphatic carbocycles. The van der Waals surface area contributed by atoms with Gasteiger partial charge in [-0.05, 0) is 13.5 Å². The van der Waals surface area contributed by atoms with E-state index in [9.17, 15) is 4.79 Å². The van der Waals surface area contributed by atoms with Crippen molar-refractivity contribution < 1.29 is 9.90 Å². The van der Waals surface area contributed by atoms with Crippen LogP contribution in [0.5, 0.6) is 0 Å². The van der Waals surface area contributed by atoms with E-state index in [1.165, 1.54) is 6.08 Å². The number of aliphatic carboxylic acids is 1. The largest absolute Gasteiger partial charge is 0.478 e. The Morgan fingerprint density at radius 2 is 2.29 bits per heavy atom. The highest BCUT2D eigenvalue weighted by Crippen LogP contribution is 2.10. The van der Waals surface area contributed by atoms with Crippen molar-refractivity contribution in [3.63, 3.8) is 0 Å². The van der Waals surface area contributed by atoms with Gasteiger partial charge in [0.1, 0.15) is 0 Å². The summed E-state index contributed by atoms with van der Waals surface area (Å²) < 4.78 is 0. The molecule has 0 spiro atoms. The molecule has 1 fully saturated rings. The molecule has 1 unspecified atom stereocenters. The van der Waals surface area contributed by atoms with Gasteiger partial charge in [-0.25, -0.2) is 4.79 Å². The second kappa shape index (κ2) is 5.00. The van der Waals surface area contributed by atoms with Crippen LogP contribution in [0.15, 0.2) is 12.3 Å². The fourth-order valence-corrected chi connectivity index (χ4v) is 1.72. The van der Waals surface area contributed by atoms with E-state index in [1.807, 2.05) is 0 Å². The first-order valence-corrected chi connectivity index (χ1v) is 4.99. The van der Waals surface area contributed by atoms with E-state index in [-0.39, 0.29) is 0 Å². The van der Waals surface area contributed by atoms with Gasteiger partial charge in [-0.3, -0.25) is 4.90 Å². The van der Waals surface area contributed by atoms with Crippen molar-refractivity contribution in [3.05, 3.63) is 12.3 Å². The summed E-state index contributed by atoms with van der Waals surface area (Å²) in [6.07, 6.45) is 3.99. The first-order chi connectivity index (χ1) is 6.63. The van der Waals surface area contributed by atoms with Crippen LogP contribution in [0, 0.1) is 0 Å². The summed E-state index contributed by atoms with van der Waals surface area (Å²) in [5, 5.41) is 8.50. The van der Waals surface area contributed by atoms with Crippen LogP contribution in [0.4, 0.5) is 0 Å². The first kappa shape index (κ1) is 11.0. The molecule has 4 nitrogen and oxygen atoms in total. The Labute approximate surface area is 84.8 Å². The van der Waals surface area contributed by atoms with E-state index in [0.717, 1.165) is 26.1 Å². The predicted octanol–water partition coefficient (Wildman–Crippen LogP) is 0.611. The Morgan fingerprint density at radius 3 is 2.86 bits per heavy atom. The second-order valence-corrected chi connectivity index (χ2v) is 3.69. The molecular weight excluding hydrogens is 180 g/mol. The molecule has 1 aliphatic heterocycles. The zero-order valence-electron chi connectivity index (χ0n) is 8.81. The van der Waals surface area contributed by atoms with E-state index in [0.29, 0.717) is 6.04 Å². The lowest BCUT2D eigenvalue weighted by molar-refractivity contribution is -0.131. The van der Waals surface area contributed by atoms with Gasteiger partial charge in [0.2, 0.25) is 0 Å². The third-order valence-electron chi connectivity index (χ3n) is 2.71. The van der Waals surface area contributed by atoms with Crippen LogP contribution in [-0.2, 0) is 4.79 Å². The number of nitrogens with zero attached hydrogens (tertiary/aromatic N) is 2. The molecule has 1 atom stereocenters. The van der Waals surface area contributed by atoms with E-state index < -0.39 is 5.97 Å². The lowest BCUT2D eigenvalue weighted by Crippen LogP contribution is -2.49. The Kier molecular flexibility index (Phi) is 3.95. The maximum Gasteiger partial charge on any atom is 0.329 e. The molecule has 0 saturated carbocycles. The molecular formula is C10H18N2O2. The van der Waals surface area contributed by atoms with Crippen LogP contribution in [0.1, 0.15) is 13.3 Å². The van der Waals surface area contributed by atoms with Gasteiger partial charge in [-0.2, -0.15) is 0 Å². The summed E-state index contributed by atoms with van der Waals surface area (Å²) in [5.41, 5.74) is 0. The molecule has 1 saturated heterocycles. The van der Waals surface area contributed by atoms with Crippen molar-refractivity contribution in [2.75, 3.05) is 26.7 Å². The molecule has 1 aliphatic rings. The quantitative estimate of drug-likeness (QED) is 0.675. The van der Waals surface area contributed by atoms with Crippen LogP contribution in [-0.4, -0.2) is 53.6 Å². The molecule has 1 rings (SSSR count). The highest BCUT2D eigenvalue weighted by atomic mass is 16.4. The van der Waals surface area contributed by atoms with Gasteiger partial charge in [0.05, 0.1) is 0 Å². The van der Waals surface area contributed by atoms with Crippen molar-refractivity contribution >= 4 is 5.97 Å². The van der Waals surface area contributed by atoms with Crippen molar-refractivity contribution in [2.45, 2.75) is 19.4 Å². The zero-order chi connectivity index (χ0) is 10.6.